The Labute approximate surface area is 180 Å². The highest BCUT2D eigenvalue weighted by molar-refractivity contribution is 6.35. The molecule has 1 saturated carbocycles. The van der Waals surface area contributed by atoms with Gasteiger partial charge in [-0.05, 0) is 49.3 Å². The zero-order valence-electron chi connectivity index (χ0n) is 18.4. The van der Waals surface area contributed by atoms with E-state index in [2.05, 4.69) is 11.8 Å². The van der Waals surface area contributed by atoms with Gasteiger partial charge in [0.05, 0.1) is 12.7 Å². The van der Waals surface area contributed by atoms with E-state index in [1.807, 2.05) is 24.3 Å². The Morgan fingerprint density at radius 2 is 1.43 bits per heavy atom. The normalized spacial score (nSPS) is 22.5. The molecule has 162 valence electrons. The summed E-state index contributed by atoms with van der Waals surface area (Å²) in [7, 11) is 1.63. The molecule has 0 spiro atoms. The molecule has 30 heavy (non-hydrogen) atoms. The number of rotatable bonds is 4. The van der Waals surface area contributed by atoms with Crippen molar-refractivity contribution in [1.29, 1.82) is 0 Å². The number of carbonyl (C=O) groups is 2. The fourth-order valence-corrected chi connectivity index (χ4v) is 5.10. The lowest BCUT2D eigenvalue weighted by Gasteiger charge is -2.33. The molecule has 0 bridgehead atoms. The van der Waals surface area contributed by atoms with Crippen LogP contribution in [0, 0.1) is 5.92 Å². The third kappa shape index (κ3) is 4.12. The van der Waals surface area contributed by atoms with Crippen LogP contribution in [0.5, 0.6) is 5.75 Å². The zero-order chi connectivity index (χ0) is 21.1. The van der Waals surface area contributed by atoms with Gasteiger partial charge in [0.1, 0.15) is 11.4 Å². The fraction of sp³-hybridized carbons (Fsp3) is 0.600. The van der Waals surface area contributed by atoms with Crippen LogP contribution in [-0.2, 0) is 9.59 Å². The van der Waals surface area contributed by atoms with Crippen LogP contribution in [0.2, 0.25) is 0 Å². The minimum atomic E-state index is -0.107. The zero-order valence-corrected chi connectivity index (χ0v) is 18.4. The van der Waals surface area contributed by atoms with Crippen molar-refractivity contribution in [1.82, 2.24) is 9.80 Å². The van der Waals surface area contributed by atoms with Crippen molar-refractivity contribution in [3.8, 4) is 5.75 Å². The standard InChI is InChI=1S/C25H34N2O3/c1-18-14-16-26(17-15-18)23-22(19-10-12-21(30-2)13-11-19)24(28)27(25(23)29)20-8-6-4-3-5-7-9-20/h10-13,18,20H,3-9,14-17H2,1-2H3. The second-order valence-corrected chi connectivity index (χ2v) is 9.10. The number of methoxy groups -OCH3 is 1. The number of benzene rings is 1. The van der Waals surface area contributed by atoms with Crippen molar-refractivity contribution in [3.05, 3.63) is 35.5 Å². The van der Waals surface area contributed by atoms with Gasteiger partial charge in [0.15, 0.2) is 0 Å². The summed E-state index contributed by atoms with van der Waals surface area (Å²) in [5.41, 5.74) is 2.02. The number of amides is 2. The highest BCUT2D eigenvalue weighted by Crippen LogP contribution is 2.37. The van der Waals surface area contributed by atoms with Gasteiger partial charge in [-0.25, -0.2) is 0 Å². The van der Waals surface area contributed by atoms with E-state index in [1.165, 1.54) is 19.3 Å². The summed E-state index contributed by atoms with van der Waals surface area (Å²) in [5.74, 6) is 1.23. The number of imide groups is 1. The van der Waals surface area contributed by atoms with E-state index in [-0.39, 0.29) is 17.9 Å². The Morgan fingerprint density at radius 3 is 2.03 bits per heavy atom. The monoisotopic (exact) mass is 410 g/mol. The Hall–Kier alpha value is -2.30. The van der Waals surface area contributed by atoms with E-state index in [0.717, 1.165) is 62.9 Å². The summed E-state index contributed by atoms with van der Waals surface area (Å²) in [6.45, 7) is 3.94. The molecule has 0 unspecified atom stereocenters. The van der Waals surface area contributed by atoms with Gasteiger partial charge in [0.25, 0.3) is 11.8 Å². The molecule has 0 N–H and O–H groups in total. The number of piperidine rings is 1. The Balaban J connectivity index is 1.70. The summed E-state index contributed by atoms with van der Waals surface area (Å²) in [6.07, 6.45) is 9.82. The van der Waals surface area contributed by atoms with Crippen LogP contribution in [0.25, 0.3) is 5.57 Å². The molecule has 2 aliphatic heterocycles. The van der Waals surface area contributed by atoms with E-state index in [9.17, 15) is 9.59 Å². The van der Waals surface area contributed by atoms with Gasteiger partial charge in [-0.2, -0.15) is 0 Å². The lowest BCUT2D eigenvalue weighted by Crippen LogP contribution is -2.43. The first-order valence-electron chi connectivity index (χ1n) is 11.6. The molecule has 1 aliphatic carbocycles. The summed E-state index contributed by atoms with van der Waals surface area (Å²) in [5, 5.41) is 0. The van der Waals surface area contributed by atoms with E-state index in [0.29, 0.717) is 17.2 Å². The molecule has 5 nitrogen and oxygen atoms in total. The first-order chi connectivity index (χ1) is 14.6. The molecule has 0 aromatic heterocycles. The van der Waals surface area contributed by atoms with Crippen LogP contribution in [0.15, 0.2) is 30.0 Å². The van der Waals surface area contributed by atoms with Crippen LogP contribution in [0.1, 0.15) is 70.3 Å². The molecule has 1 aromatic carbocycles. The minimum absolute atomic E-state index is 0.0276. The number of nitrogens with zero attached hydrogens (tertiary/aromatic N) is 2. The van der Waals surface area contributed by atoms with E-state index in [1.54, 1.807) is 12.0 Å². The lowest BCUT2D eigenvalue weighted by molar-refractivity contribution is -0.140. The molecule has 5 heteroatoms. The Morgan fingerprint density at radius 1 is 0.833 bits per heavy atom. The van der Waals surface area contributed by atoms with E-state index < -0.39 is 0 Å². The van der Waals surface area contributed by atoms with Crippen molar-refractivity contribution < 1.29 is 14.3 Å². The molecule has 2 amide bonds. The second kappa shape index (κ2) is 9.23. The lowest BCUT2D eigenvalue weighted by atomic mass is 9.95. The van der Waals surface area contributed by atoms with Gasteiger partial charge in [-0.15, -0.1) is 0 Å². The first-order valence-corrected chi connectivity index (χ1v) is 11.6. The molecule has 2 heterocycles. The third-order valence-electron chi connectivity index (χ3n) is 7.01. The maximum atomic E-state index is 13.7. The molecule has 3 aliphatic rings. The van der Waals surface area contributed by atoms with Crippen molar-refractivity contribution in [3.63, 3.8) is 0 Å². The van der Waals surface area contributed by atoms with Gasteiger partial charge >= 0.3 is 0 Å². The molecule has 4 rings (SSSR count). The largest absolute Gasteiger partial charge is 0.497 e. The second-order valence-electron chi connectivity index (χ2n) is 9.10. The van der Waals surface area contributed by atoms with Crippen LogP contribution >= 0.6 is 0 Å². The number of hydrogen-bond donors (Lipinski definition) is 0. The van der Waals surface area contributed by atoms with E-state index in [4.69, 9.17) is 4.74 Å². The van der Waals surface area contributed by atoms with Crippen molar-refractivity contribution >= 4 is 17.4 Å². The predicted molar refractivity (Wildman–Crippen MR) is 118 cm³/mol. The summed E-state index contributed by atoms with van der Waals surface area (Å²) in [4.78, 5) is 31.1. The highest BCUT2D eigenvalue weighted by Gasteiger charge is 2.44. The molecule has 2 fully saturated rings. The van der Waals surface area contributed by atoms with Crippen LogP contribution < -0.4 is 4.74 Å². The van der Waals surface area contributed by atoms with Crippen LogP contribution in [0.4, 0.5) is 0 Å². The molecule has 1 saturated heterocycles. The minimum Gasteiger partial charge on any atom is -0.497 e. The van der Waals surface area contributed by atoms with Crippen molar-refractivity contribution in [2.24, 2.45) is 5.92 Å². The Kier molecular flexibility index (Phi) is 6.45. The topological polar surface area (TPSA) is 49.9 Å². The number of carbonyl (C=O) groups excluding carboxylic acids is 2. The molecule has 0 radical (unpaired) electrons. The summed E-state index contributed by atoms with van der Waals surface area (Å²) >= 11 is 0. The fourth-order valence-electron chi connectivity index (χ4n) is 5.10. The number of ether oxygens (including phenoxy) is 1. The van der Waals surface area contributed by atoms with Crippen molar-refractivity contribution in [2.75, 3.05) is 20.2 Å². The SMILES string of the molecule is COc1ccc(C2=C(N3CCC(C)CC3)C(=O)N(C3CCCCCCC3)C2=O)cc1. The molecular formula is C25H34N2O3. The summed E-state index contributed by atoms with van der Waals surface area (Å²) in [6, 6.07) is 7.59. The molecule has 0 atom stereocenters. The average Bonchev–Trinajstić information content (AvgIpc) is 2.99. The number of likely N-dealkylation sites (tertiary alicyclic amines) is 1. The quantitative estimate of drug-likeness (QED) is 0.680. The van der Waals surface area contributed by atoms with Crippen LogP contribution in [-0.4, -0.2) is 47.9 Å². The summed E-state index contributed by atoms with van der Waals surface area (Å²) < 4.78 is 5.29. The first kappa shape index (κ1) is 21.0. The van der Waals surface area contributed by atoms with Gasteiger partial charge in [0, 0.05) is 19.1 Å². The average molecular weight is 411 g/mol. The van der Waals surface area contributed by atoms with Gasteiger partial charge in [0.2, 0.25) is 0 Å². The third-order valence-corrected chi connectivity index (χ3v) is 7.01. The molecular weight excluding hydrogens is 376 g/mol. The number of hydrogen-bond acceptors (Lipinski definition) is 4. The van der Waals surface area contributed by atoms with Gasteiger partial charge in [-0.1, -0.05) is 51.2 Å². The predicted octanol–water partition coefficient (Wildman–Crippen LogP) is 4.62. The van der Waals surface area contributed by atoms with Crippen LogP contribution in [0.3, 0.4) is 0 Å². The maximum Gasteiger partial charge on any atom is 0.278 e. The van der Waals surface area contributed by atoms with Crippen molar-refractivity contribution in [2.45, 2.75) is 70.8 Å². The Bertz CT molecular complexity index is 798. The smallest absolute Gasteiger partial charge is 0.278 e. The highest BCUT2D eigenvalue weighted by atomic mass is 16.5. The van der Waals surface area contributed by atoms with E-state index >= 15 is 0 Å². The maximum absolute atomic E-state index is 13.7. The molecule has 1 aromatic rings. The van der Waals surface area contributed by atoms with Gasteiger partial charge < -0.3 is 9.64 Å². The van der Waals surface area contributed by atoms with Gasteiger partial charge in [-0.3, -0.25) is 14.5 Å².